The first kappa shape index (κ1) is 51.3. The third-order valence-electron chi connectivity index (χ3n) is 10.3. The van der Waals surface area contributed by atoms with E-state index in [2.05, 4.69) is 67.8 Å². The zero-order valence-corrected chi connectivity index (χ0v) is 34.8. The van der Waals surface area contributed by atoms with Crippen LogP contribution in [0.15, 0.2) is 48.6 Å². The van der Waals surface area contributed by atoms with Crippen molar-refractivity contribution in [1.29, 1.82) is 0 Å². The van der Waals surface area contributed by atoms with Gasteiger partial charge in [0.25, 0.3) is 0 Å². The molecule has 0 aromatic carbocycles. The molecule has 1 amide bonds. The second kappa shape index (κ2) is 41.4. The molecule has 6 heteroatoms. The third-order valence-corrected chi connectivity index (χ3v) is 10.3. The zero-order chi connectivity index (χ0) is 38.9. The van der Waals surface area contributed by atoms with Crippen molar-refractivity contribution in [2.24, 2.45) is 0 Å². The molecule has 0 rings (SSSR count). The maximum atomic E-state index is 12.5. The van der Waals surface area contributed by atoms with Gasteiger partial charge in [0.05, 0.1) is 18.8 Å². The summed E-state index contributed by atoms with van der Waals surface area (Å²) in [6.45, 7) is 4.00. The summed E-state index contributed by atoms with van der Waals surface area (Å²) in [7, 11) is 0. The Labute approximate surface area is 328 Å². The smallest absolute Gasteiger partial charge is 0.249 e. The minimum absolute atomic E-state index is 0.353. The number of rotatable bonds is 40. The van der Waals surface area contributed by atoms with Crippen molar-refractivity contribution >= 4 is 5.91 Å². The lowest BCUT2D eigenvalue weighted by Gasteiger charge is -2.27. The van der Waals surface area contributed by atoms with Gasteiger partial charge in [0.15, 0.2) is 0 Å². The average Bonchev–Trinajstić information content (AvgIpc) is 3.16. The van der Waals surface area contributed by atoms with E-state index in [1.165, 1.54) is 135 Å². The molecular formula is C47H87NO5. The predicted molar refractivity (Wildman–Crippen MR) is 228 cm³/mol. The van der Waals surface area contributed by atoms with Crippen LogP contribution in [0.5, 0.6) is 0 Å². The highest BCUT2D eigenvalue weighted by atomic mass is 16.3. The normalized spacial score (nSPS) is 14.6. The minimum Gasteiger partial charge on any atom is -0.394 e. The van der Waals surface area contributed by atoms with Gasteiger partial charge in [0.2, 0.25) is 5.91 Å². The molecule has 0 aliphatic heterocycles. The number of aliphatic hydroxyl groups excluding tert-OH is 4. The van der Waals surface area contributed by atoms with Gasteiger partial charge in [0, 0.05) is 0 Å². The first-order valence-corrected chi connectivity index (χ1v) is 22.5. The molecule has 0 aliphatic carbocycles. The van der Waals surface area contributed by atoms with E-state index in [0.717, 1.165) is 44.9 Å². The van der Waals surface area contributed by atoms with Crippen LogP contribution in [-0.4, -0.2) is 57.3 Å². The lowest BCUT2D eigenvalue weighted by Crippen LogP contribution is -2.53. The Morgan fingerprint density at radius 1 is 0.472 bits per heavy atom. The Hall–Kier alpha value is -1.73. The molecule has 0 aromatic heterocycles. The first-order chi connectivity index (χ1) is 26.0. The fraction of sp³-hybridized carbons (Fsp3) is 0.809. The number of carbonyl (C=O) groups is 1. The molecule has 53 heavy (non-hydrogen) atoms. The van der Waals surface area contributed by atoms with Crippen molar-refractivity contribution in [3.05, 3.63) is 48.6 Å². The van der Waals surface area contributed by atoms with E-state index in [1.807, 2.05) is 0 Å². The molecule has 0 radical (unpaired) electrons. The van der Waals surface area contributed by atoms with E-state index in [1.54, 1.807) is 0 Å². The molecule has 0 saturated heterocycles. The lowest BCUT2D eigenvalue weighted by atomic mass is 10.00. The van der Waals surface area contributed by atoms with Crippen LogP contribution in [0.2, 0.25) is 0 Å². The molecule has 0 fully saturated rings. The number of hydrogen-bond acceptors (Lipinski definition) is 5. The van der Waals surface area contributed by atoms with Gasteiger partial charge >= 0.3 is 0 Å². The van der Waals surface area contributed by atoms with E-state index in [-0.39, 0.29) is 0 Å². The number of nitrogens with one attached hydrogen (secondary N) is 1. The number of carbonyl (C=O) groups excluding carboxylic acids is 1. The van der Waals surface area contributed by atoms with Gasteiger partial charge < -0.3 is 25.7 Å². The molecular weight excluding hydrogens is 659 g/mol. The van der Waals surface area contributed by atoms with Gasteiger partial charge in [-0.25, -0.2) is 0 Å². The number of amides is 1. The van der Waals surface area contributed by atoms with Crippen molar-refractivity contribution in [2.75, 3.05) is 6.61 Å². The molecule has 0 saturated carbocycles. The molecule has 4 unspecified atom stereocenters. The maximum Gasteiger partial charge on any atom is 0.249 e. The van der Waals surface area contributed by atoms with Gasteiger partial charge in [-0.2, -0.15) is 0 Å². The second-order valence-electron chi connectivity index (χ2n) is 15.4. The van der Waals surface area contributed by atoms with E-state index in [0.29, 0.717) is 19.3 Å². The van der Waals surface area contributed by atoms with E-state index >= 15 is 0 Å². The molecule has 4 atom stereocenters. The van der Waals surface area contributed by atoms with Crippen molar-refractivity contribution in [3.63, 3.8) is 0 Å². The Balaban J connectivity index is 3.82. The third kappa shape index (κ3) is 35.7. The quantitative estimate of drug-likeness (QED) is 0.0244. The summed E-state index contributed by atoms with van der Waals surface area (Å²) in [6, 6.07) is -1.01. The van der Waals surface area contributed by atoms with Crippen LogP contribution in [-0.2, 0) is 4.79 Å². The van der Waals surface area contributed by atoms with Crippen LogP contribution < -0.4 is 5.32 Å². The summed E-state index contributed by atoms with van der Waals surface area (Å²) in [5.74, 6) is -0.603. The SMILES string of the molecule is CCCCC/C=C\C=C/CCCCCCCCCCCC(O)C(=O)NC(CO)C(O)C(O)CCC/C=C/CC/C=C/CCCCCCCCCCCC. The van der Waals surface area contributed by atoms with Gasteiger partial charge in [0.1, 0.15) is 12.2 Å². The molecule has 0 aromatic rings. The second-order valence-corrected chi connectivity index (χ2v) is 15.4. The summed E-state index contributed by atoms with van der Waals surface area (Å²) in [5.41, 5.74) is 0. The fourth-order valence-electron chi connectivity index (χ4n) is 6.65. The van der Waals surface area contributed by atoms with Crippen molar-refractivity contribution < 1.29 is 25.2 Å². The summed E-state index contributed by atoms with van der Waals surface area (Å²) < 4.78 is 0. The van der Waals surface area contributed by atoms with Crippen LogP contribution >= 0.6 is 0 Å². The first-order valence-electron chi connectivity index (χ1n) is 22.5. The van der Waals surface area contributed by atoms with E-state index in [9.17, 15) is 25.2 Å². The van der Waals surface area contributed by atoms with Gasteiger partial charge in [-0.05, 0) is 77.0 Å². The molecule has 310 valence electrons. The lowest BCUT2D eigenvalue weighted by molar-refractivity contribution is -0.132. The highest BCUT2D eigenvalue weighted by Crippen LogP contribution is 2.15. The number of hydrogen-bond donors (Lipinski definition) is 5. The molecule has 0 heterocycles. The predicted octanol–water partition coefficient (Wildman–Crippen LogP) is 11.9. The minimum atomic E-state index is -1.29. The monoisotopic (exact) mass is 746 g/mol. The number of allylic oxidation sites excluding steroid dienone is 8. The highest BCUT2D eigenvalue weighted by Gasteiger charge is 2.28. The van der Waals surface area contributed by atoms with Crippen molar-refractivity contribution in [1.82, 2.24) is 5.32 Å². The van der Waals surface area contributed by atoms with Gasteiger partial charge in [-0.15, -0.1) is 0 Å². The van der Waals surface area contributed by atoms with Crippen LogP contribution in [0, 0.1) is 0 Å². The average molecular weight is 746 g/mol. The molecule has 6 nitrogen and oxygen atoms in total. The molecule has 0 aliphatic rings. The largest absolute Gasteiger partial charge is 0.394 e. The van der Waals surface area contributed by atoms with Crippen molar-refractivity contribution in [2.45, 2.75) is 237 Å². The summed E-state index contributed by atoms with van der Waals surface area (Å²) in [6.07, 6.45) is 49.9. The summed E-state index contributed by atoms with van der Waals surface area (Å²) in [4.78, 5) is 12.5. The highest BCUT2D eigenvalue weighted by molar-refractivity contribution is 5.80. The standard InChI is InChI=1S/C47H87NO5/c1-3-5-7-9-11-13-15-17-19-21-23-25-26-28-30-32-34-36-38-40-44(50)46(52)43(42-49)48-47(53)45(51)41-39-37-35-33-31-29-27-24-22-20-18-16-14-12-10-8-6-4-2/h12,14,16,18,25-26,32,34,43-46,49-52H,3-11,13,15,17,19-24,27-31,33,35-42H2,1-2H3,(H,48,53)/b14-12-,18-16-,26-25+,34-32+. The summed E-state index contributed by atoms with van der Waals surface area (Å²) in [5, 5.41) is 43.7. The Morgan fingerprint density at radius 3 is 1.34 bits per heavy atom. The topological polar surface area (TPSA) is 110 Å². The summed E-state index contributed by atoms with van der Waals surface area (Å²) >= 11 is 0. The van der Waals surface area contributed by atoms with Gasteiger partial charge in [-0.3, -0.25) is 4.79 Å². The Morgan fingerprint density at radius 2 is 0.849 bits per heavy atom. The van der Waals surface area contributed by atoms with Crippen LogP contribution in [0.3, 0.4) is 0 Å². The molecule has 0 spiro atoms. The molecule has 0 bridgehead atoms. The number of unbranched alkanes of at least 4 members (excludes halogenated alkanes) is 24. The van der Waals surface area contributed by atoms with Crippen LogP contribution in [0.1, 0.15) is 213 Å². The maximum absolute atomic E-state index is 12.5. The van der Waals surface area contributed by atoms with Crippen LogP contribution in [0.25, 0.3) is 0 Å². The zero-order valence-electron chi connectivity index (χ0n) is 34.8. The van der Waals surface area contributed by atoms with Gasteiger partial charge in [-0.1, -0.05) is 184 Å². The number of aliphatic hydroxyl groups is 4. The Bertz CT molecular complexity index is 884. The Kier molecular flexibility index (Phi) is 40.1. The van der Waals surface area contributed by atoms with Crippen LogP contribution in [0.4, 0.5) is 0 Å². The van der Waals surface area contributed by atoms with E-state index in [4.69, 9.17) is 0 Å². The van der Waals surface area contributed by atoms with E-state index < -0.39 is 36.9 Å². The molecule has 5 N–H and O–H groups in total. The fourth-order valence-corrected chi connectivity index (χ4v) is 6.65. The van der Waals surface area contributed by atoms with Crippen molar-refractivity contribution in [3.8, 4) is 0 Å².